The van der Waals surface area contributed by atoms with Crippen LogP contribution >= 0.6 is 0 Å². The van der Waals surface area contributed by atoms with Gasteiger partial charge in [-0.2, -0.15) is 10.0 Å². The molecule has 0 aliphatic carbocycles. The second-order valence-electron chi connectivity index (χ2n) is 2.63. The molecule has 1 radical (unpaired) electrons. The maximum Gasteiger partial charge on any atom is 0.0979 e. The van der Waals surface area contributed by atoms with Gasteiger partial charge in [-0.3, -0.25) is 0 Å². The third-order valence-corrected chi connectivity index (χ3v) is 1.63. The molecular weight excluding hydrogens is 140 g/mol. The summed E-state index contributed by atoms with van der Waals surface area (Å²) in [5.74, 6) is 0. The van der Waals surface area contributed by atoms with Gasteiger partial charge in [0, 0.05) is 11.8 Å². The summed E-state index contributed by atoms with van der Waals surface area (Å²) >= 11 is 0. The molecule has 0 aromatic carbocycles. The molecule has 11 heavy (non-hydrogen) atoms. The summed E-state index contributed by atoms with van der Waals surface area (Å²) in [6, 6.07) is 0. The summed E-state index contributed by atoms with van der Waals surface area (Å²) in [5.41, 5.74) is 5.78. The minimum absolute atomic E-state index is 0.933. The fourth-order valence-corrected chi connectivity index (χ4v) is 1.20. The number of hydrogen-bond donors (Lipinski definition) is 1. The zero-order chi connectivity index (χ0) is 7.84. The van der Waals surface area contributed by atoms with Crippen molar-refractivity contribution in [3.63, 3.8) is 0 Å². The van der Waals surface area contributed by atoms with Crippen LogP contribution in [0.4, 0.5) is 0 Å². The van der Waals surface area contributed by atoms with E-state index in [2.05, 4.69) is 11.6 Å². The van der Waals surface area contributed by atoms with Crippen LogP contribution in [-0.4, -0.2) is 5.06 Å². The molecule has 0 saturated carbocycles. The van der Waals surface area contributed by atoms with Gasteiger partial charge in [-0.1, -0.05) is 0 Å². The minimum Gasteiger partial charge on any atom is -0.247 e. The van der Waals surface area contributed by atoms with Gasteiger partial charge in [0.05, 0.1) is 11.9 Å². The number of allylic oxidation sites excluding steroid dienone is 4. The van der Waals surface area contributed by atoms with E-state index in [-0.39, 0.29) is 0 Å². The van der Waals surface area contributed by atoms with E-state index in [1.54, 1.807) is 11.3 Å². The van der Waals surface area contributed by atoms with Gasteiger partial charge in [-0.25, -0.2) is 5.48 Å². The van der Waals surface area contributed by atoms with Crippen LogP contribution in [0.3, 0.4) is 0 Å². The van der Waals surface area contributed by atoms with Crippen molar-refractivity contribution >= 4 is 0 Å². The topological polar surface area (TPSA) is 24.5 Å². The molecule has 2 rings (SSSR count). The summed E-state index contributed by atoms with van der Waals surface area (Å²) < 4.78 is 0. The smallest absolute Gasteiger partial charge is 0.0979 e. The fraction of sp³-hybridized carbons (Fsp3) is 0.250. The molecule has 0 bridgehead atoms. The zero-order valence-electron chi connectivity index (χ0n) is 6.51. The Morgan fingerprint density at radius 3 is 3.18 bits per heavy atom. The Balaban J connectivity index is 2.40. The van der Waals surface area contributed by atoms with E-state index < -0.39 is 0 Å². The van der Waals surface area contributed by atoms with Crippen LogP contribution in [-0.2, 0) is 4.94 Å². The van der Waals surface area contributed by atoms with Gasteiger partial charge in [0.15, 0.2) is 0 Å². The third kappa shape index (κ3) is 0.935. The van der Waals surface area contributed by atoms with Crippen LogP contribution in [0.5, 0.6) is 0 Å². The lowest BCUT2D eigenvalue weighted by atomic mass is 10.1. The van der Waals surface area contributed by atoms with Crippen LogP contribution in [0.15, 0.2) is 29.2 Å². The average Bonchev–Trinajstić information content (AvgIpc) is 2.34. The highest BCUT2D eigenvalue weighted by Gasteiger charge is 2.19. The lowest BCUT2D eigenvalue weighted by molar-refractivity contribution is -0.123. The molecule has 0 aromatic heterocycles. The second-order valence-corrected chi connectivity index (χ2v) is 2.63. The molecule has 0 amide bonds. The Morgan fingerprint density at radius 2 is 2.36 bits per heavy atom. The molecule has 2 aliphatic heterocycles. The number of hydrogen-bond acceptors (Lipinski definition) is 3. The molecule has 2 aliphatic rings. The van der Waals surface area contributed by atoms with Crippen LogP contribution < -0.4 is 5.48 Å². The lowest BCUT2D eigenvalue weighted by Gasteiger charge is -2.20. The fourth-order valence-electron chi connectivity index (χ4n) is 1.20. The molecule has 3 nitrogen and oxygen atoms in total. The summed E-state index contributed by atoms with van der Waals surface area (Å²) in [6.45, 7) is 4.01. The van der Waals surface area contributed by atoms with E-state index >= 15 is 0 Å². The molecule has 1 N–H and O–H groups in total. The molecule has 0 spiro atoms. The minimum atomic E-state index is 0.933. The van der Waals surface area contributed by atoms with Crippen molar-refractivity contribution < 1.29 is 4.94 Å². The highest BCUT2D eigenvalue weighted by Crippen LogP contribution is 2.23. The number of rotatable bonds is 0. The second kappa shape index (κ2) is 2.13. The Bertz CT molecular complexity index is 276. The standard InChI is InChI=1S/C8H9N2O/c1-6-3-7(2)10-8(4-6)5-9-11-10/h3,5,9H,1-2H3. The quantitative estimate of drug-likeness (QED) is 0.561. The van der Waals surface area contributed by atoms with Gasteiger partial charge in [0.2, 0.25) is 0 Å². The first-order valence-corrected chi connectivity index (χ1v) is 3.49. The summed E-state index contributed by atoms with van der Waals surface area (Å²) in [5, 5.41) is 1.70. The van der Waals surface area contributed by atoms with E-state index in [0.29, 0.717) is 0 Å². The molecule has 0 unspecified atom stereocenters. The third-order valence-electron chi connectivity index (χ3n) is 1.63. The highest BCUT2D eigenvalue weighted by molar-refractivity contribution is 5.32. The van der Waals surface area contributed by atoms with Crippen molar-refractivity contribution in [2.24, 2.45) is 0 Å². The zero-order valence-corrected chi connectivity index (χ0v) is 6.51. The maximum absolute atomic E-state index is 5.06. The summed E-state index contributed by atoms with van der Waals surface area (Å²) in [7, 11) is 0. The summed E-state index contributed by atoms with van der Waals surface area (Å²) in [4.78, 5) is 5.06. The normalized spacial score (nSPS) is 21.6. The molecule has 0 aromatic rings. The Labute approximate surface area is 65.5 Å². The molecule has 0 fully saturated rings. The van der Waals surface area contributed by atoms with Gasteiger partial charge in [-0.05, 0) is 25.5 Å². The monoisotopic (exact) mass is 149 g/mol. The lowest BCUT2D eigenvalue weighted by Crippen LogP contribution is -2.20. The Morgan fingerprint density at radius 1 is 1.55 bits per heavy atom. The van der Waals surface area contributed by atoms with Crippen molar-refractivity contribution in [1.29, 1.82) is 0 Å². The van der Waals surface area contributed by atoms with Gasteiger partial charge >= 0.3 is 0 Å². The number of fused-ring (bicyclic) bond motifs is 1. The van der Waals surface area contributed by atoms with E-state index in [1.165, 1.54) is 0 Å². The van der Waals surface area contributed by atoms with Gasteiger partial charge < -0.3 is 0 Å². The van der Waals surface area contributed by atoms with E-state index in [1.807, 2.05) is 19.9 Å². The predicted molar refractivity (Wildman–Crippen MR) is 40.3 cm³/mol. The first-order valence-electron chi connectivity index (χ1n) is 3.49. The average molecular weight is 149 g/mol. The van der Waals surface area contributed by atoms with Crippen LogP contribution in [0.1, 0.15) is 13.8 Å². The van der Waals surface area contributed by atoms with E-state index in [9.17, 15) is 0 Å². The van der Waals surface area contributed by atoms with Gasteiger partial charge in [0.25, 0.3) is 0 Å². The first kappa shape index (κ1) is 6.49. The number of hydroxylamine groups is 3. The molecule has 3 heteroatoms. The molecule has 57 valence electrons. The predicted octanol–water partition coefficient (Wildman–Crippen LogP) is 1.25. The summed E-state index contributed by atoms with van der Waals surface area (Å²) in [6.07, 6.45) is 6.94. The van der Waals surface area contributed by atoms with Crippen molar-refractivity contribution in [1.82, 2.24) is 10.5 Å². The first-order chi connectivity index (χ1) is 5.27. The van der Waals surface area contributed by atoms with Gasteiger partial charge in [0.1, 0.15) is 0 Å². The molecule has 0 saturated heterocycles. The Kier molecular flexibility index (Phi) is 1.26. The van der Waals surface area contributed by atoms with Crippen molar-refractivity contribution in [2.75, 3.05) is 0 Å². The van der Waals surface area contributed by atoms with E-state index in [4.69, 9.17) is 4.94 Å². The molecule has 0 atom stereocenters. The maximum atomic E-state index is 5.06. The molecular formula is C8H9N2O. The Hall–Kier alpha value is -1.22. The van der Waals surface area contributed by atoms with Crippen molar-refractivity contribution in [3.8, 4) is 0 Å². The van der Waals surface area contributed by atoms with Crippen molar-refractivity contribution in [2.45, 2.75) is 13.8 Å². The SMILES string of the molecule is CC1=[C]C2=CNON2C(C)=C1. The number of nitrogens with zero attached hydrogens (tertiary/aromatic N) is 1. The van der Waals surface area contributed by atoms with Crippen LogP contribution in [0, 0.1) is 6.08 Å². The largest absolute Gasteiger partial charge is 0.247 e. The van der Waals surface area contributed by atoms with Crippen molar-refractivity contribution in [3.05, 3.63) is 35.3 Å². The van der Waals surface area contributed by atoms with E-state index in [0.717, 1.165) is 17.0 Å². The van der Waals surface area contributed by atoms with Gasteiger partial charge in [-0.15, -0.1) is 0 Å². The van der Waals surface area contributed by atoms with Crippen LogP contribution in [0.25, 0.3) is 0 Å². The van der Waals surface area contributed by atoms with Crippen LogP contribution in [0.2, 0.25) is 0 Å². The molecule has 2 heterocycles. The highest BCUT2D eigenvalue weighted by atomic mass is 16.8. The number of nitrogens with one attached hydrogen (secondary N) is 1.